The van der Waals surface area contributed by atoms with Crippen molar-refractivity contribution in [3.8, 4) is 11.3 Å². The van der Waals surface area contributed by atoms with Crippen LogP contribution >= 0.6 is 0 Å². The number of benzene rings is 2. The highest BCUT2D eigenvalue weighted by atomic mass is 32.2. The lowest BCUT2D eigenvalue weighted by Crippen LogP contribution is -2.13. The average molecular weight is 394 g/mol. The lowest BCUT2D eigenvalue weighted by atomic mass is 9.95. The summed E-state index contributed by atoms with van der Waals surface area (Å²) in [5, 5.41) is 5.45. The Labute approximate surface area is 165 Å². The van der Waals surface area contributed by atoms with Crippen molar-refractivity contribution in [3.05, 3.63) is 77.8 Å². The molecule has 2 aromatic carbocycles. The Bertz CT molecular complexity index is 1120. The minimum atomic E-state index is -3.89. The summed E-state index contributed by atoms with van der Waals surface area (Å²) in [4.78, 5) is 4.81. The summed E-state index contributed by atoms with van der Waals surface area (Å²) in [6.07, 6.45) is 6.86. The number of allylic oxidation sites excluding steroid dienone is 2. The third-order valence-electron chi connectivity index (χ3n) is 4.90. The van der Waals surface area contributed by atoms with Crippen molar-refractivity contribution in [3.63, 3.8) is 0 Å². The lowest BCUT2D eigenvalue weighted by Gasteiger charge is -2.12. The van der Waals surface area contributed by atoms with Gasteiger partial charge in [-0.2, -0.15) is 0 Å². The van der Waals surface area contributed by atoms with Crippen LogP contribution in [0.2, 0.25) is 0 Å². The van der Waals surface area contributed by atoms with Crippen LogP contribution in [0.25, 0.3) is 16.9 Å². The molecule has 0 saturated carbocycles. The molecule has 0 unspecified atom stereocenters. The van der Waals surface area contributed by atoms with E-state index in [9.17, 15) is 8.42 Å². The highest BCUT2D eigenvalue weighted by molar-refractivity contribution is 7.89. The molecule has 6 heteroatoms. The molecule has 2 N–H and O–H groups in total. The maximum absolute atomic E-state index is 12.1. The molecule has 5 nitrogen and oxygen atoms in total. The number of hydrogen-bond acceptors (Lipinski definition) is 4. The molecule has 0 saturated heterocycles. The molecule has 0 spiro atoms. The van der Waals surface area contributed by atoms with Crippen LogP contribution in [0.5, 0.6) is 0 Å². The van der Waals surface area contributed by atoms with Gasteiger partial charge in [0, 0.05) is 12.0 Å². The molecule has 0 fully saturated rings. The summed E-state index contributed by atoms with van der Waals surface area (Å²) < 4.78 is 30.3. The maximum atomic E-state index is 12.1. The third kappa shape index (κ3) is 3.93. The van der Waals surface area contributed by atoms with Crippen LogP contribution in [0, 0.1) is 0 Å². The second-order valence-corrected chi connectivity index (χ2v) is 8.49. The zero-order valence-electron chi connectivity index (χ0n) is 15.5. The topological polar surface area (TPSA) is 86.2 Å². The standard InChI is InChI=1S/C22H22N2O3S/c23-28(25,26)19-14-8-7-13-18(19)22-21(17-11-5-2-6-12-17)24-20(27-22)15-16-9-3-1-4-10-16/h1,3-4,7-11,13-14H,2,5-6,12,15H2,(H2,23,25,26). The molecular weight excluding hydrogens is 372 g/mol. The van der Waals surface area contributed by atoms with Gasteiger partial charge in [0.25, 0.3) is 0 Å². The first kappa shape index (κ1) is 18.7. The van der Waals surface area contributed by atoms with Gasteiger partial charge in [0.15, 0.2) is 11.7 Å². The first-order valence-corrected chi connectivity index (χ1v) is 10.9. The number of aromatic nitrogens is 1. The largest absolute Gasteiger partial charge is 0.440 e. The molecule has 1 aliphatic rings. The van der Waals surface area contributed by atoms with E-state index in [1.807, 2.05) is 30.3 Å². The van der Waals surface area contributed by atoms with Crippen molar-refractivity contribution in [2.45, 2.75) is 37.0 Å². The van der Waals surface area contributed by atoms with E-state index in [0.29, 0.717) is 23.6 Å². The predicted molar refractivity (Wildman–Crippen MR) is 109 cm³/mol. The van der Waals surface area contributed by atoms with Crippen molar-refractivity contribution in [2.75, 3.05) is 0 Å². The molecule has 1 aliphatic carbocycles. The highest BCUT2D eigenvalue weighted by Crippen LogP contribution is 2.37. The number of primary sulfonamides is 1. The van der Waals surface area contributed by atoms with Crippen LogP contribution in [-0.2, 0) is 16.4 Å². The first-order valence-electron chi connectivity index (χ1n) is 9.37. The first-order chi connectivity index (χ1) is 13.5. The van der Waals surface area contributed by atoms with Crippen molar-refractivity contribution in [1.82, 2.24) is 4.98 Å². The molecule has 4 rings (SSSR count). The Hall–Kier alpha value is -2.70. The summed E-state index contributed by atoms with van der Waals surface area (Å²) in [5.41, 5.74) is 3.37. The lowest BCUT2D eigenvalue weighted by molar-refractivity contribution is 0.517. The summed E-state index contributed by atoms with van der Waals surface area (Å²) in [7, 11) is -3.89. The van der Waals surface area contributed by atoms with Crippen molar-refractivity contribution in [2.24, 2.45) is 5.14 Å². The number of nitrogens with two attached hydrogens (primary N) is 1. The summed E-state index contributed by atoms with van der Waals surface area (Å²) >= 11 is 0. The van der Waals surface area contributed by atoms with E-state index in [0.717, 1.165) is 42.5 Å². The van der Waals surface area contributed by atoms with Gasteiger partial charge in [-0.1, -0.05) is 48.5 Å². The number of sulfonamides is 1. The molecule has 1 aromatic heterocycles. The Morgan fingerprint density at radius 3 is 2.46 bits per heavy atom. The van der Waals surface area contributed by atoms with Crippen molar-refractivity contribution in [1.29, 1.82) is 0 Å². The Morgan fingerprint density at radius 1 is 1.00 bits per heavy atom. The van der Waals surface area contributed by atoms with Gasteiger partial charge < -0.3 is 4.42 Å². The van der Waals surface area contributed by atoms with E-state index in [2.05, 4.69) is 6.08 Å². The van der Waals surface area contributed by atoms with Gasteiger partial charge in [-0.05, 0) is 49.0 Å². The van der Waals surface area contributed by atoms with Crippen molar-refractivity contribution < 1.29 is 12.8 Å². The van der Waals surface area contributed by atoms with E-state index < -0.39 is 10.0 Å². The van der Waals surface area contributed by atoms with Crippen molar-refractivity contribution >= 4 is 15.6 Å². The van der Waals surface area contributed by atoms with E-state index in [1.165, 1.54) is 6.07 Å². The molecule has 1 heterocycles. The molecule has 0 aliphatic heterocycles. The quantitative estimate of drug-likeness (QED) is 0.688. The van der Waals surface area contributed by atoms with Gasteiger partial charge in [0.05, 0.1) is 4.90 Å². The minimum absolute atomic E-state index is 0.0510. The Morgan fingerprint density at radius 2 is 1.75 bits per heavy atom. The second-order valence-electron chi connectivity index (χ2n) is 6.96. The molecule has 3 aromatic rings. The van der Waals surface area contributed by atoms with Crippen LogP contribution < -0.4 is 5.14 Å². The van der Waals surface area contributed by atoms with Gasteiger partial charge in [0.1, 0.15) is 5.69 Å². The Kier molecular flexibility index (Phi) is 5.15. The number of rotatable bonds is 5. The normalized spacial score (nSPS) is 14.7. The van der Waals surface area contributed by atoms with Gasteiger partial charge in [-0.25, -0.2) is 18.5 Å². The van der Waals surface area contributed by atoms with E-state index in [-0.39, 0.29) is 4.90 Å². The third-order valence-corrected chi connectivity index (χ3v) is 5.87. The van der Waals surface area contributed by atoms with Crippen LogP contribution in [-0.4, -0.2) is 13.4 Å². The molecular formula is C22H22N2O3S. The molecule has 0 amide bonds. The smallest absolute Gasteiger partial charge is 0.238 e. The highest BCUT2D eigenvalue weighted by Gasteiger charge is 2.24. The molecule has 0 radical (unpaired) electrons. The number of nitrogens with zero attached hydrogens (tertiary/aromatic N) is 1. The summed E-state index contributed by atoms with van der Waals surface area (Å²) in [6.45, 7) is 0. The Balaban J connectivity index is 1.85. The minimum Gasteiger partial charge on any atom is -0.440 e. The summed E-state index contributed by atoms with van der Waals surface area (Å²) in [5.74, 6) is 1.04. The average Bonchev–Trinajstić information content (AvgIpc) is 3.12. The number of hydrogen-bond donors (Lipinski definition) is 1. The van der Waals surface area contributed by atoms with Gasteiger partial charge in [0.2, 0.25) is 10.0 Å². The van der Waals surface area contributed by atoms with Gasteiger partial charge in [-0.3, -0.25) is 0 Å². The van der Waals surface area contributed by atoms with Crippen LogP contribution in [0.15, 0.2) is 70.0 Å². The zero-order chi connectivity index (χ0) is 19.6. The van der Waals surface area contributed by atoms with E-state index >= 15 is 0 Å². The van der Waals surface area contributed by atoms with E-state index in [4.69, 9.17) is 14.5 Å². The zero-order valence-corrected chi connectivity index (χ0v) is 16.3. The second kappa shape index (κ2) is 7.73. The number of oxazole rings is 1. The SMILES string of the molecule is NS(=O)(=O)c1ccccc1-c1oc(Cc2ccccc2)nc1C1=CCCCC1. The van der Waals surface area contributed by atoms with Crippen LogP contribution in [0.1, 0.15) is 42.8 Å². The molecule has 144 valence electrons. The molecule has 28 heavy (non-hydrogen) atoms. The molecule has 0 bridgehead atoms. The summed E-state index contributed by atoms with van der Waals surface area (Å²) in [6, 6.07) is 16.6. The van der Waals surface area contributed by atoms with Crippen LogP contribution in [0.3, 0.4) is 0 Å². The fourth-order valence-electron chi connectivity index (χ4n) is 3.57. The fourth-order valence-corrected chi connectivity index (χ4v) is 4.30. The van der Waals surface area contributed by atoms with Gasteiger partial charge in [-0.15, -0.1) is 0 Å². The fraction of sp³-hybridized carbons (Fsp3) is 0.227. The monoisotopic (exact) mass is 394 g/mol. The van der Waals surface area contributed by atoms with Gasteiger partial charge >= 0.3 is 0 Å². The van der Waals surface area contributed by atoms with E-state index in [1.54, 1.807) is 18.2 Å². The molecule has 0 atom stereocenters. The predicted octanol–water partition coefficient (Wildman–Crippen LogP) is 4.54. The maximum Gasteiger partial charge on any atom is 0.238 e. The van der Waals surface area contributed by atoms with Crippen LogP contribution in [0.4, 0.5) is 0 Å².